The highest BCUT2D eigenvalue weighted by Crippen LogP contribution is 2.28. The van der Waals surface area contributed by atoms with Crippen molar-refractivity contribution in [3.63, 3.8) is 0 Å². The SMILES string of the molecule is Cc1c(N)nc(C(C)C)nc1Oc1ccc(F)c(F)c1. The van der Waals surface area contributed by atoms with Gasteiger partial charge in [-0.3, -0.25) is 0 Å². The Labute approximate surface area is 115 Å². The molecular formula is C14H15F2N3O. The third-order valence-corrected chi connectivity index (χ3v) is 2.78. The van der Waals surface area contributed by atoms with Crippen LogP contribution >= 0.6 is 0 Å². The molecule has 1 aromatic carbocycles. The predicted molar refractivity (Wildman–Crippen MR) is 71.7 cm³/mol. The van der Waals surface area contributed by atoms with Crippen molar-refractivity contribution in [2.24, 2.45) is 0 Å². The van der Waals surface area contributed by atoms with Crippen molar-refractivity contribution in [1.29, 1.82) is 0 Å². The van der Waals surface area contributed by atoms with E-state index in [4.69, 9.17) is 10.5 Å². The van der Waals surface area contributed by atoms with Gasteiger partial charge in [-0.1, -0.05) is 13.8 Å². The molecule has 0 unspecified atom stereocenters. The fraction of sp³-hybridized carbons (Fsp3) is 0.286. The van der Waals surface area contributed by atoms with E-state index in [0.717, 1.165) is 12.1 Å². The Morgan fingerprint density at radius 1 is 1.15 bits per heavy atom. The van der Waals surface area contributed by atoms with Crippen molar-refractivity contribution >= 4 is 5.82 Å². The number of rotatable bonds is 3. The smallest absolute Gasteiger partial charge is 0.227 e. The first kappa shape index (κ1) is 14.2. The van der Waals surface area contributed by atoms with Gasteiger partial charge in [0.05, 0.1) is 5.56 Å². The number of halogens is 2. The molecule has 4 nitrogen and oxygen atoms in total. The monoisotopic (exact) mass is 279 g/mol. The van der Waals surface area contributed by atoms with Crippen LogP contribution in [0.1, 0.15) is 31.2 Å². The maximum atomic E-state index is 13.2. The van der Waals surface area contributed by atoms with Crippen molar-refractivity contribution in [1.82, 2.24) is 9.97 Å². The number of benzene rings is 1. The Balaban J connectivity index is 2.39. The van der Waals surface area contributed by atoms with Crippen molar-refractivity contribution in [2.75, 3.05) is 5.73 Å². The summed E-state index contributed by atoms with van der Waals surface area (Å²) < 4.78 is 31.5. The Kier molecular flexibility index (Phi) is 3.83. The lowest BCUT2D eigenvalue weighted by molar-refractivity contribution is 0.440. The number of ether oxygens (including phenoxy) is 1. The third kappa shape index (κ3) is 2.84. The summed E-state index contributed by atoms with van der Waals surface area (Å²) in [6, 6.07) is 3.28. The number of nitrogen functional groups attached to an aromatic ring is 1. The van der Waals surface area contributed by atoms with Gasteiger partial charge in [-0.15, -0.1) is 0 Å². The molecule has 2 aromatic rings. The molecule has 0 bridgehead atoms. The van der Waals surface area contributed by atoms with Gasteiger partial charge < -0.3 is 10.5 Å². The molecule has 0 amide bonds. The maximum Gasteiger partial charge on any atom is 0.227 e. The van der Waals surface area contributed by atoms with E-state index in [9.17, 15) is 8.78 Å². The van der Waals surface area contributed by atoms with E-state index in [2.05, 4.69) is 9.97 Å². The molecule has 0 saturated carbocycles. The molecule has 0 radical (unpaired) electrons. The average molecular weight is 279 g/mol. The van der Waals surface area contributed by atoms with Crippen LogP contribution in [0.15, 0.2) is 18.2 Å². The zero-order chi connectivity index (χ0) is 14.9. The summed E-state index contributed by atoms with van der Waals surface area (Å²) in [6.07, 6.45) is 0. The standard InChI is InChI=1S/C14H15F2N3O/c1-7(2)13-18-12(17)8(3)14(19-13)20-9-4-5-10(15)11(16)6-9/h4-7H,1-3H3,(H2,17,18,19). The zero-order valence-corrected chi connectivity index (χ0v) is 11.4. The van der Waals surface area contributed by atoms with Crippen molar-refractivity contribution in [3.8, 4) is 11.6 Å². The summed E-state index contributed by atoms with van der Waals surface area (Å²) >= 11 is 0. The lowest BCUT2D eigenvalue weighted by Crippen LogP contribution is -2.06. The molecule has 1 aromatic heterocycles. The lowest BCUT2D eigenvalue weighted by atomic mass is 10.2. The number of hydrogen-bond donors (Lipinski definition) is 1. The Morgan fingerprint density at radius 3 is 2.45 bits per heavy atom. The normalized spacial score (nSPS) is 10.9. The van der Waals surface area contributed by atoms with Crippen LogP contribution in [0.5, 0.6) is 11.6 Å². The molecule has 20 heavy (non-hydrogen) atoms. The topological polar surface area (TPSA) is 61.0 Å². The molecule has 0 saturated heterocycles. The van der Waals surface area contributed by atoms with Gasteiger partial charge in [0.2, 0.25) is 5.88 Å². The summed E-state index contributed by atoms with van der Waals surface area (Å²) in [7, 11) is 0. The molecule has 2 rings (SSSR count). The van der Waals surface area contributed by atoms with E-state index in [0.29, 0.717) is 17.2 Å². The molecule has 6 heteroatoms. The number of nitrogens with two attached hydrogens (primary N) is 1. The molecule has 0 spiro atoms. The van der Waals surface area contributed by atoms with E-state index in [-0.39, 0.29) is 17.5 Å². The van der Waals surface area contributed by atoms with Crippen LogP contribution in [0.3, 0.4) is 0 Å². The summed E-state index contributed by atoms with van der Waals surface area (Å²) in [5, 5.41) is 0. The molecule has 0 aliphatic carbocycles. The summed E-state index contributed by atoms with van der Waals surface area (Å²) in [5.41, 5.74) is 6.36. The number of nitrogens with zero attached hydrogens (tertiary/aromatic N) is 2. The van der Waals surface area contributed by atoms with Crippen LogP contribution in [-0.4, -0.2) is 9.97 Å². The van der Waals surface area contributed by atoms with Gasteiger partial charge in [0.1, 0.15) is 17.4 Å². The van der Waals surface area contributed by atoms with Crippen LogP contribution in [0.25, 0.3) is 0 Å². The molecule has 0 fully saturated rings. The highest BCUT2D eigenvalue weighted by Gasteiger charge is 2.14. The van der Waals surface area contributed by atoms with Crippen molar-refractivity contribution in [3.05, 3.63) is 41.2 Å². The van der Waals surface area contributed by atoms with Gasteiger partial charge in [0, 0.05) is 12.0 Å². The number of hydrogen-bond acceptors (Lipinski definition) is 4. The van der Waals surface area contributed by atoms with E-state index in [1.807, 2.05) is 13.8 Å². The number of aromatic nitrogens is 2. The minimum absolute atomic E-state index is 0.0743. The number of anilines is 1. The Bertz CT molecular complexity index is 645. The minimum Gasteiger partial charge on any atom is -0.438 e. The van der Waals surface area contributed by atoms with Gasteiger partial charge in [-0.2, -0.15) is 4.98 Å². The van der Waals surface area contributed by atoms with Crippen LogP contribution < -0.4 is 10.5 Å². The van der Waals surface area contributed by atoms with Crippen LogP contribution in [0.2, 0.25) is 0 Å². The molecule has 2 N–H and O–H groups in total. The Morgan fingerprint density at radius 2 is 1.85 bits per heavy atom. The van der Waals surface area contributed by atoms with Crippen LogP contribution in [0, 0.1) is 18.6 Å². The highest BCUT2D eigenvalue weighted by molar-refractivity contribution is 5.46. The van der Waals surface area contributed by atoms with Gasteiger partial charge in [-0.05, 0) is 19.1 Å². The van der Waals surface area contributed by atoms with E-state index in [1.54, 1.807) is 6.92 Å². The van der Waals surface area contributed by atoms with E-state index in [1.165, 1.54) is 6.07 Å². The summed E-state index contributed by atoms with van der Waals surface area (Å²) in [5.74, 6) is -0.602. The second kappa shape index (κ2) is 5.40. The third-order valence-electron chi connectivity index (χ3n) is 2.78. The summed E-state index contributed by atoms with van der Waals surface area (Å²) in [6.45, 7) is 5.55. The maximum absolute atomic E-state index is 13.2. The van der Waals surface area contributed by atoms with E-state index >= 15 is 0 Å². The largest absolute Gasteiger partial charge is 0.438 e. The van der Waals surface area contributed by atoms with Gasteiger partial charge >= 0.3 is 0 Å². The molecule has 106 valence electrons. The second-order valence-electron chi connectivity index (χ2n) is 4.73. The average Bonchev–Trinajstić information content (AvgIpc) is 2.38. The first-order valence-electron chi connectivity index (χ1n) is 6.15. The van der Waals surface area contributed by atoms with Gasteiger partial charge in [-0.25, -0.2) is 13.8 Å². The first-order valence-corrected chi connectivity index (χ1v) is 6.15. The van der Waals surface area contributed by atoms with Crippen LogP contribution in [-0.2, 0) is 0 Å². The quantitative estimate of drug-likeness (QED) is 0.933. The fourth-order valence-electron chi connectivity index (χ4n) is 1.54. The highest BCUT2D eigenvalue weighted by atomic mass is 19.2. The molecular weight excluding hydrogens is 264 g/mol. The lowest BCUT2D eigenvalue weighted by Gasteiger charge is -2.12. The van der Waals surface area contributed by atoms with Crippen molar-refractivity contribution in [2.45, 2.75) is 26.7 Å². The second-order valence-corrected chi connectivity index (χ2v) is 4.73. The molecule has 0 atom stereocenters. The van der Waals surface area contributed by atoms with Gasteiger partial charge in [0.25, 0.3) is 0 Å². The Hall–Kier alpha value is -2.24. The first-order chi connectivity index (χ1) is 9.38. The van der Waals surface area contributed by atoms with Crippen LogP contribution in [0.4, 0.5) is 14.6 Å². The molecule has 1 heterocycles. The minimum atomic E-state index is -0.980. The molecule has 0 aliphatic rings. The zero-order valence-electron chi connectivity index (χ0n) is 11.4. The fourth-order valence-corrected chi connectivity index (χ4v) is 1.54. The predicted octanol–water partition coefficient (Wildman–Crippen LogP) is 3.56. The van der Waals surface area contributed by atoms with E-state index < -0.39 is 11.6 Å². The van der Waals surface area contributed by atoms with Gasteiger partial charge in [0.15, 0.2) is 11.6 Å². The van der Waals surface area contributed by atoms with Crippen molar-refractivity contribution < 1.29 is 13.5 Å². The summed E-state index contributed by atoms with van der Waals surface area (Å²) in [4.78, 5) is 8.41. The molecule has 0 aliphatic heterocycles.